The fraction of sp³-hybridized carbons (Fsp3) is 0.379. The van der Waals surface area contributed by atoms with Gasteiger partial charge in [-0.3, -0.25) is 43.4 Å². The Balaban J connectivity index is 0.00000673. The van der Waals surface area contributed by atoms with E-state index in [1.54, 1.807) is 6.92 Å². The van der Waals surface area contributed by atoms with E-state index in [1.807, 2.05) is 0 Å². The number of aliphatic carboxylic acids is 1. The number of hydrogen-bond donors (Lipinski definition) is 4. The van der Waals surface area contributed by atoms with Gasteiger partial charge in [0.15, 0.2) is 11.5 Å². The fourth-order valence-corrected chi connectivity index (χ4v) is 8.00. The molecule has 3 aliphatic rings. The number of hydrogen-bond acceptors (Lipinski definition) is 18. The van der Waals surface area contributed by atoms with E-state index in [2.05, 4.69) is 31.5 Å². The second-order valence-electron chi connectivity index (χ2n) is 11.4. The molecular weight excluding hydrogens is 782 g/mol. The van der Waals surface area contributed by atoms with Crippen molar-refractivity contribution < 1.29 is 87.3 Å². The largest absolute Gasteiger partial charge is 1.00 e. The van der Waals surface area contributed by atoms with Crippen molar-refractivity contribution >= 4 is 77.5 Å². The first-order chi connectivity index (χ1) is 25.6. The SMILES string of the molecule is CCN1CCN(C(=O)NC(C(=O)N[C@]2(NC=O)C(=O)N3C(C(=O)[O-])=C(CSc4nnnn4N)CS[C@@H]32)c2ccc(OC(C)=O)c(OC(C)=O)c2)C(=O)C1=O.[Na+]. The van der Waals surface area contributed by atoms with Gasteiger partial charge in [-0.2, -0.15) is 0 Å². The number of β-lactam (4-membered cyclic amide) rings is 1. The summed E-state index contributed by atoms with van der Waals surface area (Å²) in [6, 6.07) is 0.329. The molecular formula is C29H30N11NaO12S2. The number of imide groups is 1. The second-order valence-corrected chi connectivity index (χ2v) is 13.5. The van der Waals surface area contributed by atoms with Gasteiger partial charge in [0, 0.05) is 45.0 Å². The molecule has 0 bridgehead atoms. The summed E-state index contributed by atoms with van der Waals surface area (Å²) in [5.74, 6) is -2.90. The van der Waals surface area contributed by atoms with E-state index in [1.165, 1.54) is 11.0 Å². The van der Waals surface area contributed by atoms with Crippen LogP contribution in [-0.4, -0.2) is 131 Å². The Morgan fingerprint density at radius 2 is 1.80 bits per heavy atom. The van der Waals surface area contributed by atoms with Gasteiger partial charge in [-0.1, -0.05) is 22.9 Å². The number of nitrogens with zero attached hydrogens (tertiary/aromatic N) is 7. The number of thioether (sulfide) groups is 2. The molecule has 1 aromatic heterocycles. The van der Waals surface area contributed by atoms with Crippen LogP contribution in [0.15, 0.2) is 34.6 Å². The number of carbonyl (C=O) groups excluding carboxylic acids is 9. The number of urea groups is 1. The van der Waals surface area contributed by atoms with Crippen LogP contribution < -0.4 is 65.9 Å². The quantitative estimate of drug-likeness (QED) is 0.0168. The van der Waals surface area contributed by atoms with E-state index in [-0.39, 0.29) is 94.9 Å². The molecule has 1 unspecified atom stereocenters. The number of benzene rings is 1. The zero-order chi connectivity index (χ0) is 39.5. The molecule has 0 radical (unpaired) electrons. The Hall–Kier alpha value is -5.24. The topological polar surface area (TPSA) is 311 Å². The third-order valence-corrected chi connectivity index (χ3v) is 10.5. The van der Waals surface area contributed by atoms with Crippen LogP contribution >= 0.6 is 23.5 Å². The number of fused-ring (bicyclic) bond motifs is 1. The van der Waals surface area contributed by atoms with Crippen molar-refractivity contribution in [2.75, 3.05) is 37.0 Å². The summed E-state index contributed by atoms with van der Waals surface area (Å²) in [5, 5.41) is 28.8. The molecule has 5 rings (SSSR count). The van der Waals surface area contributed by atoms with Crippen molar-refractivity contribution in [3.63, 3.8) is 0 Å². The number of ether oxygens (including phenoxy) is 2. The number of tetrazole rings is 1. The monoisotopic (exact) mass is 811 g/mol. The molecule has 2 saturated heterocycles. The molecule has 286 valence electrons. The summed E-state index contributed by atoms with van der Waals surface area (Å²) in [6.45, 7) is 3.69. The zero-order valence-electron chi connectivity index (χ0n) is 29.4. The minimum atomic E-state index is -2.29. The van der Waals surface area contributed by atoms with E-state index in [4.69, 9.17) is 15.3 Å². The van der Waals surface area contributed by atoms with Crippen molar-refractivity contribution in [1.82, 2.24) is 51.0 Å². The molecule has 2 aromatic rings. The molecule has 4 heterocycles. The minimum absolute atomic E-state index is 0. The molecule has 7 amide bonds. The van der Waals surface area contributed by atoms with Gasteiger partial charge in [0.25, 0.3) is 5.91 Å². The van der Waals surface area contributed by atoms with E-state index < -0.39 is 70.3 Å². The molecule has 0 aliphatic carbocycles. The average molecular weight is 812 g/mol. The summed E-state index contributed by atoms with van der Waals surface area (Å²) in [5.41, 5.74) is -2.77. The first-order valence-electron chi connectivity index (χ1n) is 15.6. The van der Waals surface area contributed by atoms with Crippen molar-refractivity contribution in [2.45, 2.75) is 43.0 Å². The van der Waals surface area contributed by atoms with E-state index in [0.29, 0.717) is 4.90 Å². The first kappa shape index (κ1) is 42.5. The van der Waals surface area contributed by atoms with Gasteiger partial charge in [0.1, 0.15) is 11.4 Å². The Kier molecular flexibility index (Phi) is 13.5. The number of esters is 2. The number of aromatic nitrogens is 4. The van der Waals surface area contributed by atoms with E-state index in [0.717, 1.165) is 59.2 Å². The number of nitrogen functional groups attached to an aromatic ring is 1. The molecule has 2 fully saturated rings. The third kappa shape index (κ3) is 8.54. The molecule has 3 atom stereocenters. The van der Waals surface area contributed by atoms with Crippen LogP contribution in [0.5, 0.6) is 11.5 Å². The predicted molar refractivity (Wildman–Crippen MR) is 178 cm³/mol. The predicted octanol–water partition coefficient (Wildman–Crippen LogP) is -7.05. The Bertz CT molecular complexity index is 2000. The minimum Gasteiger partial charge on any atom is -0.543 e. The normalized spacial score (nSPS) is 19.7. The van der Waals surface area contributed by atoms with Crippen LogP contribution in [0.25, 0.3) is 0 Å². The van der Waals surface area contributed by atoms with Crippen LogP contribution in [0, 0.1) is 0 Å². The number of carbonyl (C=O) groups is 9. The summed E-state index contributed by atoms with van der Waals surface area (Å²) >= 11 is 1.94. The number of amides is 7. The molecule has 23 nitrogen and oxygen atoms in total. The summed E-state index contributed by atoms with van der Waals surface area (Å²) in [7, 11) is 0. The molecule has 5 N–H and O–H groups in total. The maximum atomic E-state index is 14.2. The number of carboxylic acids is 1. The molecule has 0 saturated carbocycles. The van der Waals surface area contributed by atoms with Crippen LogP contribution in [0.3, 0.4) is 0 Å². The Morgan fingerprint density at radius 3 is 2.40 bits per heavy atom. The molecule has 3 aliphatic heterocycles. The smallest absolute Gasteiger partial charge is 0.543 e. The van der Waals surface area contributed by atoms with Crippen molar-refractivity contribution in [2.24, 2.45) is 0 Å². The van der Waals surface area contributed by atoms with Crippen LogP contribution in [-0.2, 0) is 38.4 Å². The van der Waals surface area contributed by atoms with Crippen LogP contribution in [0.1, 0.15) is 32.4 Å². The number of carboxylic acid groups (broad SMARTS) is 1. The average Bonchev–Trinajstić information content (AvgIpc) is 3.54. The van der Waals surface area contributed by atoms with Gasteiger partial charge in [0.2, 0.25) is 23.1 Å². The number of likely N-dealkylation sites (N-methyl/N-ethyl adjacent to an activating group) is 1. The molecule has 1 aromatic carbocycles. The van der Waals surface area contributed by atoms with Crippen molar-refractivity contribution in [3.05, 3.63) is 35.0 Å². The van der Waals surface area contributed by atoms with Crippen molar-refractivity contribution in [3.8, 4) is 11.5 Å². The summed E-state index contributed by atoms with van der Waals surface area (Å²) in [4.78, 5) is 118. The molecule has 55 heavy (non-hydrogen) atoms. The maximum absolute atomic E-state index is 14.2. The van der Waals surface area contributed by atoms with Gasteiger partial charge >= 0.3 is 59.3 Å². The van der Waals surface area contributed by atoms with Gasteiger partial charge in [0.05, 0.1) is 11.7 Å². The maximum Gasteiger partial charge on any atom is 1.00 e. The van der Waals surface area contributed by atoms with Gasteiger partial charge < -0.3 is 46.1 Å². The fourth-order valence-electron chi connectivity index (χ4n) is 5.64. The van der Waals surface area contributed by atoms with Crippen LogP contribution in [0.4, 0.5) is 4.79 Å². The van der Waals surface area contributed by atoms with Crippen molar-refractivity contribution in [1.29, 1.82) is 0 Å². The zero-order valence-corrected chi connectivity index (χ0v) is 33.1. The van der Waals surface area contributed by atoms with E-state index in [9.17, 15) is 48.3 Å². The van der Waals surface area contributed by atoms with Crippen LogP contribution in [0.2, 0.25) is 0 Å². The number of nitrogens with one attached hydrogen (secondary N) is 3. The number of piperazine rings is 1. The van der Waals surface area contributed by atoms with Gasteiger partial charge in [-0.25, -0.2) is 4.79 Å². The molecule has 0 spiro atoms. The second kappa shape index (κ2) is 17.5. The van der Waals surface area contributed by atoms with Gasteiger partial charge in [-0.05, 0) is 40.6 Å². The first-order valence-corrected chi connectivity index (χ1v) is 17.7. The number of rotatable bonds is 13. The van der Waals surface area contributed by atoms with E-state index >= 15 is 0 Å². The number of nitrogens with two attached hydrogens (primary N) is 1. The molecule has 26 heteroatoms. The summed E-state index contributed by atoms with van der Waals surface area (Å²) < 4.78 is 10.2. The Labute approximate surface area is 340 Å². The summed E-state index contributed by atoms with van der Waals surface area (Å²) in [6.07, 6.45) is 0.0999. The standard InChI is InChI=1S/C29H31N11O12S2.Na/c1-4-37-7-8-38(23(46)22(37)45)27(50)32-19(15-5-6-17(51-13(2)42)18(9-15)52-14(3)43)21(44)33-29(31-12-41)25(49)39-20(24(47)48)16(10-53-26(29)39)11-54-28-34-35-36-40(28)30;/h5-6,9,12,19,26H,4,7-8,10-11,30H2,1-3H3,(H,31,41)(H,32,50)(H,33,44)(H,47,48);/q;+1/p-1/t19?,26-,29-;/m1./s1. The third-order valence-electron chi connectivity index (χ3n) is 8.06. The van der Waals surface area contributed by atoms with Gasteiger partial charge in [-0.15, -0.1) is 16.6 Å². The Morgan fingerprint density at radius 1 is 1.11 bits per heavy atom.